The maximum absolute atomic E-state index is 11.9. The summed E-state index contributed by atoms with van der Waals surface area (Å²) >= 11 is 3.33. The number of nitrogens with zero attached hydrogens (tertiary/aromatic N) is 1. The lowest BCUT2D eigenvalue weighted by molar-refractivity contribution is -0.137. The van der Waals surface area contributed by atoms with Gasteiger partial charge in [-0.2, -0.15) is 0 Å². The van der Waals surface area contributed by atoms with E-state index < -0.39 is 17.7 Å². The SMILES string of the molecule is CCOC(=O)/C=C/CN1C(=O)C(=O)c2cccc(Br)c21. The first-order chi connectivity index (χ1) is 9.56. The second-order valence-corrected chi connectivity index (χ2v) is 4.89. The van der Waals surface area contributed by atoms with Gasteiger partial charge in [-0.05, 0) is 35.0 Å². The predicted octanol–water partition coefficient (Wildman–Crippen LogP) is 2.10. The van der Waals surface area contributed by atoms with Crippen molar-refractivity contribution in [2.24, 2.45) is 0 Å². The standard InChI is InChI=1S/C14H12BrNO4/c1-2-20-11(17)7-4-8-16-12-9(13(18)14(16)19)5-3-6-10(12)15/h3-7H,2,8H2,1H3/b7-4+. The molecule has 0 aromatic heterocycles. The first-order valence-electron chi connectivity index (χ1n) is 6.04. The second kappa shape index (κ2) is 6.00. The number of Topliss-reactive ketones (excluding diaryl/α,β-unsaturated/α-hetero) is 1. The van der Waals surface area contributed by atoms with Crippen LogP contribution in [0.2, 0.25) is 0 Å². The third-order valence-corrected chi connectivity index (χ3v) is 3.41. The molecule has 6 heteroatoms. The summed E-state index contributed by atoms with van der Waals surface area (Å²) in [6.45, 7) is 2.14. The normalized spacial score (nSPS) is 14.0. The van der Waals surface area contributed by atoms with Crippen LogP contribution >= 0.6 is 15.9 Å². The van der Waals surface area contributed by atoms with Crippen molar-refractivity contribution < 1.29 is 19.1 Å². The fourth-order valence-electron chi connectivity index (χ4n) is 1.93. The Morgan fingerprint density at radius 2 is 2.15 bits per heavy atom. The summed E-state index contributed by atoms with van der Waals surface area (Å²) in [5.74, 6) is -1.61. The van der Waals surface area contributed by atoms with E-state index in [1.807, 2.05) is 0 Å². The highest BCUT2D eigenvalue weighted by Gasteiger charge is 2.36. The molecule has 0 unspecified atom stereocenters. The first kappa shape index (κ1) is 14.5. The molecule has 0 N–H and O–H groups in total. The average molecular weight is 338 g/mol. The van der Waals surface area contributed by atoms with Crippen LogP contribution in [-0.2, 0) is 14.3 Å². The number of para-hydroxylation sites is 1. The Bertz CT molecular complexity index is 609. The molecule has 0 bridgehead atoms. The van der Waals surface area contributed by atoms with Crippen molar-refractivity contribution in [3.8, 4) is 0 Å². The molecule has 0 fully saturated rings. The van der Waals surface area contributed by atoms with Crippen LogP contribution in [0.4, 0.5) is 5.69 Å². The molecule has 1 aliphatic heterocycles. The molecule has 0 saturated carbocycles. The number of ketones is 1. The van der Waals surface area contributed by atoms with E-state index >= 15 is 0 Å². The Balaban J connectivity index is 2.20. The Morgan fingerprint density at radius 3 is 2.85 bits per heavy atom. The number of benzene rings is 1. The van der Waals surface area contributed by atoms with Crippen molar-refractivity contribution >= 4 is 39.3 Å². The second-order valence-electron chi connectivity index (χ2n) is 4.04. The summed E-state index contributed by atoms with van der Waals surface area (Å²) in [4.78, 5) is 36.3. The molecule has 0 saturated heterocycles. The van der Waals surface area contributed by atoms with E-state index in [-0.39, 0.29) is 6.54 Å². The Hall–Kier alpha value is -1.95. The van der Waals surface area contributed by atoms with Gasteiger partial charge in [-0.15, -0.1) is 0 Å². The summed E-state index contributed by atoms with van der Waals surface area (Å²) in [6.07, 6.45) is 2.74. The lowest BCUT2D eigenvalue weighted by Crippen LogP contribution is -2.30. The zero-order valence-electron chi connectivity index (χ0n) is 10.8. The van der Waals surface area contributed by atoms with E-state index in [1.54, 1.807) is 25.1 Å². The highest BCUT2D eigenvalue weighted by molar-refractivity contribution is 9.10. The van der Waals surface area contributed by atoms with E-state index in [4.69, 9.17) is 4.74 Å². The van der Waals surface area contributed by atoms with Gasteiger partial charge in [-0.3, -0.25) is 14.5 Å². The maximum atomic E-state index is 11.9. The maximum Gasteiger partial charge on any atom is 0.330 e. The number of ether oxygens (including phenoxy) is 1. The van der Waals surface area contributed by atoms with Crippen LogP contribution in [-0.4, -0.2) is 30.8 Å². The molecule has 2 rings (SSSR count). The average Bonchev–Trinajstić information content (AvgIpc) is 2.66. The number of esters is 1. The molecule has 1 amide bonds. The summed E-state index contributed by atoms with van der Waals surface area (Å²) < 4.78 is 5.41. The zero-order valence-corrected chi connectivity index (χ0v) is 12.3. The van der Waals surface area contributed by atoms with Gasteiger partial charge in [-0.25, -0.2) is 4.79 Å². The number of halogens is 1. The van der Waals surface area contributed by atoms with Crippen LogP contribution in [0.5, 0.6) is 0 Å². The van der Waals surface area contributed by atoms with Crippen LogP contribution in [0.1, 0.15) is 17.3 Å². The molecule has 0 atom stereocenters. The molecule has 20 heavy (non-hydrogen) atoms. The third-order valence-electron chi connectivity index (χ3n) is 2.77. The summed E-state index contributed by atoms with van der Waals surface area (Å²) in [5, 5.41) is 0. The number of hydrogen-bond donors (Lipinski definition) is 0. The van der Waals surface area contributed by atoms with E-state index in [2.05, 4.69) is 15.9 Å². The third kappa shape index (κ3) is 2.65. The quantitative estimate of drug-likeness (QED) is 0.479. The largest absolute Gasteiger partial charge is 0.463 e. The fourth-order valence-corrected chi connectivity index (χ4v) is 2.51. The van der Waals surface area contributed by atoms with Gasteiger partial charge in [0.05, 0.1) is 17.9 Å². The van der Waals surface area contributed by atoms with Gasteiger partial charge in [0.25, 0.3) is 11.7 Å². The molecule has 1 aliphatic rings. The van der Waals surface area contributed by atoms with Crippen molar-refractivity contribution in [2.75, 3.05) is 18.1 Å². The fraction of sp³-hybridized carbons (Fsp3) is 0.214. The number of fused-ring (bicyclic) bond motifs is 1. The van der Waals surface area contributed by atoms with E-state index in [9.17, 15) is 14.4 Å². The molecule has 1 aromatic carbocycles. The van der Waals surface area contributed by atoms with Crippen LogP contribution in [0.3, 0.4) is 0 Å². The van der Waals surface area contributed by atoms with Crippen LogP contribution in [0.25, 0.3) is 0 Å². The minimum absolute atomic E-state index is 0.138. The Kier molecular flexibility index (Phi) is 4.34. The van der Waals surface area contributed by atoms with Crippen molar-refractivity contribution in [3.05, 3.63) is 40.4 Å². The summed E-state index contributed by atoms with van der Waals surface area (Å²) in [5.41, 5.74) is 0.907. The van der Waals surface area contributed by atoms with Crippen molar-refractivity contribution in [2.45, 2.75) is 6.92 Å². The minimum Gasteiger partial charge on any atom is -0.463 e. The lowest BCUT2D eigenvalue weighted by Gasteiger charge is -2.15. The van der Waals surface area contributed by atoms with Gasteiger partial charge in [0.1, 0.15) is 0 Å². The molecule has 0 aliphatic carbocycles. The van der Waals surface area contributed by atoms with E-state index in [0.717, 1.165) is 0 Å². The van der Waals surface area contributed by atoms with E-state index in [1.165, 1.54) is 17.1 Å². The highest BCUT2D eigenvalue weighted by Crippen LogP contribution is 2.35. The van der Waals surface area contributed by atoms with Gasteiger partial charge in [-0.1, -0.05) is 12.1 Å². The van der Waals surface area contributed by atoms with E-state index in [0.29, 0.717) is 22.3 Å². The number of carbonyl (C=O) groups excluding carboxylic acids is 3. The number of rotatable bonds is 4. The Morgan fingerprint density at radius 1 is 1.40 bits per heavy atom. The molecule has 0 radical (unpaired) electrons. The molecular weight excluding hydrogens is 326 g/mol. The van der Waals surface area contributed by atoms with Gasteiger partial charge < -0.3 is 4.74 Å². The highest BCUT2D eigenvalue weighted by atomic mass is 79.9. The molecule has 1 heterocycles. The van der Waals surface area contributed by atoms with Crippen molar-refractivity contribution in [1.29, 1.82) is 0 Å². The monoisotopic (exact) mass is 337 g/mol. The minimum atomic E-state index is -0.597. The van der Waals surface area contributed by atoms with Gasteiger partial charge in [0, 0.05) is 17.1 Å². The summed E-state index contributed by atoms with van der Waals surface area (Å²) in [7, 11) is 0. The van der Waals surface area contributed by atoms with Crippen LogP contribution in [0, 0.1) is 0 Å². The van der Waals surface area contributed by atoms with Gasteiger partial charge in [0.2, 0.25) is 0 Å². The number of hydrogen-bond acceptors (Lipinski definition) is 4. The number of carbonyl (C=O) groups is 3. The number of anilines is 1. The molecule has 1 aromatic rings. The molecular formula is C14H12BrNO4. The Labute approximate surface area is 124 Å². The van der Waals surface area contributed by atoms with Crippen LogP contribution in [0.15, 0.2) is 34.8 Å². The smallest absolute Gasteiger partial charge is 0.330 e. The first-order valence-corrected chi connectivity index (χ1v) is 6.83. The lowest BCUT2D eigenvalue weighted by atomic mass is 10.1. The number of amides is 1. The zero-order chi connectivity index (χ0) is 14.7. The molecule has 104 valence electrons. The van der Waals surface area contributed by atoms with Crippen molar-refractivity contribution in [1.82, 2.24) is 0 Å². The van der Waals surface area contributed by atoms with Gasteiger partial charge >= 0.3 is 5.97 Å². The summed E-state index contributed by atoms with van der Waals surface area (Å²) in [6, 6.07) is 5.06. The van der Waals surface area contributed by atoms with Crippen LogP contribution < -0.4 is 4.90 Å². The molecule has 0 spiro atoms. The van der Waals surface area contributed by atoms with Gasteiger partial charge in [0.15, 0.2) is 0 Å². The molecule has 5 nitrogen and oxygen atoms in total. The predicted molar refractivity (Wildman–Crippen MR) is 76.6 cm³/mol. The topological polar surface area (TPSA) is 63.7 Å². The van der Waals surface area contributed by atoms with Crippen molar-refractivity contribution in [3.63, 3.8) is 0 Å².